The number of aromatic carboxylic acids is 1. The summed E-state index contributed by atoms with van der Waals surface area (Å²) >= 11 is 0. The van der Waals surface area contributed by atoms with Crippen LogP contribution in [0.4, 0.5) is 0 Å². The molecule has 0 spiro atoms. The van der Waals surface area contributed by atoms with Crippen molar-refractivity contribution in [3.63, 3.8) is 0 Å². The molecule has 23 heavy (non-hydrogen) atoms. The van der Waals surface area contributed by atoms with E-state index in [0.717, 1.165) is 6.42 Å². The highest BCUT2D eigenvalue weighted by molar-refractivity contribution is 5.98. The number of aromatic nitrogens is 1. The molecule has 0 saturated carbocycles. The third-order valence-corrected chi connectivity index (χ3v) is 4.10. The van der Waals surface area contributed by atoms with Crippen LogP contribution in [0.3, 0.4) is 0 Å². The van der Waals surface area contributed by atoms with Crippen LogP contribution in [0.5, 0.6) is 0 Å². The van der Waals surface area contributed by atoms with E-state index in [4.69, 9.17) is 5.11 Å². The maximum Gasteiger partial charge on any atom is 0.354 e. The summed E-state index contributed by atoms with van der Waals surface area (Å²) in [7, 11) is 0. The summed E-state index contributed by atoms with van der Waals surface area (Å²) in [4.78, 5) is 43.0. The summed E-state index contributed by atoms with van der Waals surface area (Å²) in [5.41, 5.74) is 0.188. The van der Waals surface area contributed by atoms with Crippen LogP contribution in [-0.2, 0) is 4.79 Å². The number of carbonyl (C=O) groups is 3. The van der Waals surface area contributed by atoms with Crippen molar-refractivity contribution in [3.8, 4) is 0 Å². The summed E-state index contributed by atoms with van der Waals surface area (Å²) in [6.45, 7) is 5.58. The molecule has 1 N–H and O–H groups in total. The quantitative estimate of drug-likeness (QED) is 0.882. The van der Waals surface area contributed by atoms with Crippen LogP contribution < -0.4 is 0 Å². The van der Waals surface area contributed by atoms with E-state index < -0.39 is 12.0 Å². The highest BCUT2D eigenvalue weighted by atomic mass is 16.4. The van der Waals surface area contributed by atoms with E-state index in [1.807, 2.05) is 13.8 Å². The SMILES string of the molecule is CCN(CC)C(=O)C1CCCN1C(=O)c1ccc(C(=O)O)nc1. The summed E-state index contributed by atoms with van der Waals surface area (Å²) < 4.78 is 0. The lowest BCUT2D eigenvalue weighted by atomic mass is 10.1. The molecule has 1 unspecified atom stereocenters. The number of hydrogen-bond donors (Lipinski definition) is 1. The highest BCUT2D eigenvalue weighted by Gasteiger charge is 2.36. The molecule has 0 aliphatic carbocycles. The fourth-order valence-electron chi connectivity index (χ4n) is 2.83. The Kier molecular flexibility index (Phi) is 5.31. The topological polar surface area (TPSA) is 90.8 Å². The van der Waals surface area contributed by atoms with E-state index in [-0.39, 0.29) is 17.5 Å². The van der Waals surface area contributed by atoms with E-state index >= 15 is 0 Å². The second-order valence-corrected chi connectivity index (χ2v) is 5.40. The molecule has 1 saturated heterocycles. The zero-order chi connectivity index (χ0) is 17.0. The molecule has 0 aromatic carbocycles. The molecular weight excluding hydrogens is 298 g/mol. The smallest absolute Gasteiger partial charge is 0.354 e. The minimum Gasteiger partial charge on any atom is -0.477 e. The maximum absolute atomic E-state index is 12.6. The number of likely N-dealkylation sites (N-methyl/N-ethyl adjacent to an activating group) is 1. The Bertz CT molecular complexity index is 596. The second kappa shape index (κ2) is 7.21. The number of rotatable bonds is 5. The van der Waals surface area contributed by atoms with Gasteiger partial charge in [-0.2, -0.15) is 0 Å². The molecule has 7 heteroatoms. The van der Waals surface area contributed by atoms with E-state index in [1.165, 1.54) is 18.3 Å². The van der Waals surface area contributed by atoms with Crippen LogP contribution in [0.25, 0.3) is 0 Å². The second-order valence-electron chi connectivity index (χ2n) is 5.40. The van der Waals surface area contributed by atoms with Crippen molar-refractivity contribution in [2.24, 2.45) is 0 Å². The standard InChI is InChI=1S/C16H21N3O4/c1-3-18(4-2)15(21)13-6-5-9-19(13)14(20)11-7-8-12(16(22)23)17-10-11/h7-8,10,13H,3-6,9H2,1-2H3,(H,22,23). The van der Waals surface area contributed by atoms with E-state index in [2.05, 4.69) is 4.98 Å². The zero-order valence-electron chi connectivity index (χ0n) is 13.4. The molecule has 2 amide bonds. The summed E-state index contributed by atoms with van der Waals surface area (Å²) in [5.74, 6) is -1.45. The van der Waals surface area contributed by atoms with Gasteiger partial charge in [-0.05, 0) is 38.8 Å². The van der Waals surface area contributed by atoms with Crippen LogP contribution in [0.1, 0.15) is 47.5 Å². The van der Waals surface area contributed by atoms with Crippen molar-refractivity contribution in [1.29, 1.82) is 0 Å². The average Bonchev–Trinajstić information content (AvgIpc) is 3.04. The number of amides is 2. The first-order valence-corrected chi connectivity index (χ1v) is 7.78. The van der Waals surface area contributed by atoms with Gasteiger partial charge in [0.15, 0.2) is 0 Å². The number of carboxylic acid groups (broad SMARTS) is 1. The van der Waals surface area contributed by atoms with E-state index in [9.17, 15) is 14.4 Å². The summed E-state index contributed by atoms with van der Waals surface area (Å²) in [6, 6.07) is 2.30. The lowest BCUT2D eigenvalue weighted by Gasteiger charge is -2.29. The van der Waals surface area contributed by atoms with Crippen LogP contribution in [0.2, 0.25) is 0 Å². The third kappa shape index (κ3) is 3.49. The predicted octanol–water partition coefficient (Wildman–Crippen LogP) is 1.25. The van der Waals surface area contributed by atoms with Gasteiger partial charge in [-0.25, -0.2) is 9.78 Å². The van der Waals surface area contributed by atoms with Gasteiger partial charge in [0, 0.05) is 25.8 Å². The molecule has 1 aromatic rings. The minimum absolute atomic E-state index is 0.0315. The molecule has 1 aromatic heterocycles. The Labute approximate surface area is 134 Å². The minimum atomic E-state index is -1.14. The first-order valence-electron chi connectivity index (χ1n) is 7.78. The van der Waals surface area contributed by atoms with Gasteiger partial charge in [-0.3, -0.25) is 9.59 Å². The Morgan fingerprint density at radius 3 is 2.52 bits per heavy atom. The van der Waals surface area contributed by atoms with Crippen molar-refractivity contribution in [2.45, 2.75) is 32.7 Å². The van der Waals surface area contributed by atoms with Gasteiger partial charge in [0.05, 0.1) is 5.56 Å². The number of nitrogens with zero attached hydrogens (tertiary/aromatic N) is 3. The number of carbonyl (C=O) groups excluding carboxylic acids is 2. The molecule has 0 radical (unpaired) electrons. The molecule has 2 rings (SSSR count). The van der Waals surface area contributed by atoms with Gasteiger partial charge in [-0.15, -0.1) is 0 Å². The largest absolute Gasteiger partial charge is 0.477 e. The third-order valence-electron chi connectivity index (χ3n) is 4.10. The first-order chi connectivity index (χ1) is 11.0. The van der Waals surface area contributed by atoms with Crippen molar-refractivity contribution >= 4 is 17.8 Å². The van der Waals surface area contributed by atoms with Crippen LogP contribution in [-0.4, -0.2) is 63.4 Å². The number of carboxylic acids is 1. The normalized spacial score (nSPS) is 17.1. The molecule has 1 aliphatic rings. The average molecular weight is 319 g/mol. The van der Waals surface area contributed by atoms with E-state index in [1.54, 1.807) is 9.80 Å². The Morgan fingerprint density at radius 1 is 1.30 bits per heavy atom. The van der Waals surface area contributed by atoms with Crippen molar-refractivity contribution in [1.82, 2.24) is 14.8 Å². The van der Waals surface area contributed by atoms with Crippen molar-refractivity contribution in [3.05, 3.63) is 29.6 Å². The molecule has 1 aliphatic heterocycles. The van der Waals surface area contributed by atoms with Gasteiger partial charge in [-0.1, -0.05) is 0 Å². The van der Waals surface area contributed by atoms with Gasteiger partial charge >= 0.3 is 5.97 Å². The fraction of sp³-hybridized carbons (Fsp3) is 0.500. The summed E-state index contributed by atoms with van der Waals surface area (Å²) in [6.07, 6.45) is 2.69. The molecular formula is C16H21N3O4. The van der Waals surface area contributed by atoms with Gasteiger partial charge in [0.25, 0.3) is 5.91 Å². The van der Waals surface area contributed by atoms with E-state index in [0.29, 0.717) is 31.6 Å². The Hall–Kier alpha value is -2.44. The number of pyridine rings is 1. The van der Waals surface area contributed by atoms with Crippen molar-refractivity contribution < 1.29 is 19.5 Å². The van der Waals surface area contributed by atoms with Gasteiger partial charge in [0.1, 0.15) is 11.7 Å². The zero-order valence-corrected chi connectivity index (χ0v) is 13.4. The monoisotopic (exact) mass is 319 g/mol. The molecule has 1 fully saturated rings. The molecule has 2 heterocycles. The Morgan fingerprint density at radius 2 is 2.00 bits per heavy atom. The molecule has 124 valence electrons. The fourth-order valence-corrected chi connectivity index (χ4v) is 2.83. The van der Waals surface area contributed by atoms with Crippen molar-refractivity contribution in [2.75, 3.05) is 19.6 Å². The Balaban J connectivity index is 2.17. The molecule has 1 atom stereocenters. The predicted molar refractivity (Wildman–Crippen MR) is 83.2 cm³/mol. The lowest BCUT2D eigenvalue weighted by molar-refractivity contribution is -0.134. The van der Waals surface area contributed by atoms with Crippen LogP contribution >= 0.6 is 0 Å². The maximum atomic E-state index is 12.6. The van der Waals surface area contributed by atoms with Crippen LogP contribution in [0, 0.1) is 0 Å². The van der Waals surface area contributed by atoms with Gasteiger partial charge < -0.3 is 14.9 Å². The lowest BCUT2D eigenvalue weighted by Crippen LogP contribution is -2.47. The molecule has 7 nitrogen and oxygen atoms in total. The summed E-state index contributed by atoms with van der Waals surface area (Å²) in [5, 5.41) is 8.85. The van der Waals surface area contributed by atoms with Gasteiger partial charge in [0.2, 0.25) is 5.91 Å². The van der Waals surface area contributed by atoms with Crippen LogP contribution in [0.15, 0.2) is 18.3 Å². The number of hydrogen-bond acceptors (Lipinski definition) is 4. The number of likely N-dealkylation sites (tertiary alicyclic amines) is 1. The first kappa shape index (κ1) is 16.9. The highest BCUT2D eigenvalue weighted by Crippen LogP contribution is 2.22. The molecule has 0 bridgehead atoms.